The molecular weight excluding hydrogens is 334 g/mol. The topological polar surface area (TPSA) is 63.2 Å². The van der Waals surface area contributed by atoms with Gasteiger partial charge in [0.25, 0.3) is 5.91 Å². The summed E-state index contributed by atoms with van der Waals surface area (Å²) >= 11 is 7.42. The van der Waals surface area contributed by atoms with Crippen LogP contribution >= 0.6 is 23.4 Å². The molecule has 3 rings (SSSR count). The lowest BCUT2D eigenvalue weighted by Gasteiger charge is -2.15. The van der Waals surface area contributed by atoms with Crippen molar-refractivity contribution < 1.29 is 9.53 Å². The Morgan fingerprint density at radius 3 is 2.87 bits per heavy atom. The lowest BCUT2D eigenvalue weighted by molar-refractivity contribution is -0.116. The third-order valence-electron chi connectivity index (χ3n) is 3.18. The van der Waals surface area contributed by atoms with E-state index in [0.29, 0.717) is 15.7 Å². The second-order valence-electron chi connectivity index (χ2n) is 4.75. The molecule has 5 nitrogen and oxygen atoms in total. The van der Waals surface area contributed by atoms with Crippen molar-refractivity contribution in [2.75, 3.05) is 12.4 Å². The van der Waals surface area contributed by atoms with Crippen molar-refractivity contribution in [2.45, 2.75) is 5.50 Å². The predicted molar refractivity (Wildman–Crippen MR) is 93.4 cm³/mol. The summed E-state index contributed by atoms with van der Waals surface area (Å²) in [4.78, 5) is 16.7. The monoisotopic (exact) mass is 347 g/mol. The van der Waals surface area contributed by atoms with Crippen LogP contribution in [-0.2, 0) is 4.79 Å². The Bertz CT molecular complexity index is 752. The highest BCUT2D eigenvalue weighted by molar-refractivity contribution is 8.05. The zero-order valence-corrected chi connectivity index (χ0v) is 13.8. The normalized spacial score (nSPS) is 18.8. The van der Waals surface area contributed by atoms with E-state index in [1.807, 2.05) is 18.2 Å². The van der Waals surface area contributed by atoms with Crippen LogP contribution in [0.3, 0.4) is 0 Å². The Labute approximate surface area is 143 Å². The van der Waals surface area contributed by atoms with Crippen molar-refractivity contribution in [1.82, 2.24) is 10.3 Å². The summed E-state index contributed by atoms with van der Waals surface area (Å²) in [5.41, 5.74) is 1.37. The van der Waals surface area contributed by atoms with E-state index in [4.69, 9.17) is 16.3 Å². The highest BCUT2D eigenvalue weighted by atomic mass is 35.5. The van der Waals surface area contributed by atoms with E-state index >= 15 is 0 Å². The van der Waals surface area contributed by atoms with Crippen LogP contribution in [0.2, 0.25) is 5.02 Å². The first-order valence-corrected chi connectivity index (χ1v) is 8.11. The van der Waals surface area contributed by atoms with Crippen LogP contribution in [0.25, 0.3) is 6.08 Å². The first-order valence-electron chi connectivity index (χ1n) is 6.85. The van der Waals surface area contributed by atoms with Gasteiger partial charge >= 0.3 is 0 Å². The lowest BCUT2D eigenvalue weighted by Crippen LogP contribution is -2.31. The number of ether oxygens (including phenoxy) is 1. The van der Waals surface area contributed by atoms with E-state index in [1.54, 1.807) is 37.7 Å². The van der Waals surface area contributed by atoms with E-state index in [0.717, 1.165) is 11.3 Å². The third-order valence-corrected chi connectivity index (χ3v) is 4.45. The van der Waals surface area contributed by atoms with Gasteiger partial charge < -0.3 is 15.4 Å². The molecule has 0 spiro atoms. The van der Waals surface area contributed by atoms with Crippen LogP contribution < -0.4 is 15.4 Å². The first-order chi connectivity index (χ1) is 11.2. The number of nitrogens with one attached hydrogen (secondary N) is 2. The summed E-state index contributed by atoms with van der Waals surface area (Å²) in [6, 6.07) is 8.99. The molecule has 23 heavy (non-hydrogen) atoms. The van der Waals surface area contributed by atoms with Crippen molar-refractivity contribution in [3.05, 3.63) is 58.2 Å². The van der Waals surface area contributed by atoms with Crippen LogP contribution in [-0.4, -0.2) is 23.5 Å². The molecule has 1 aliphatic heterocycles. The molecule has 7 heteroatoms. The lowest BCUT2D eigenvalue weighted by atomic mass is 10.2. The van der Waals surface area contributed by atoms with E-state index in [9.17, 15) is 4.79 Å². The zero-order chi connectivity index (χ0) is 16.2. The van der Waals surface area contributed by atoms with Gasteiger partial charge in [-0.25, -0.2) is 0 Å². The summed E-state index contributed by atoms with van der Waals surface area (Å²) < 4.78 is 5.30. The number of carbonyl (C=O) groups excluding carboxylic acids is 1. The second kappa shape index (κ2) is 6.93. The van der Waals surface area contributed by atoms with E-state index < -0.39 is 0 Å². The van der Waals surface area contributed by atoms with Crippen LogP contribution in [0.4, 0.5) is 5.69 Å². The Morgan fingerprint density at radius 1 is 1.35 bits per heavy atom. The number of halogens is 1. The largest absolute Gasteiger partial charge is 0.495 e. The highest BCUT2D eigenvalue weighted by Gasteiger charge is 2.27. The van der Waals surface area contributed by atoms with Gasteiger partial charge in [0.15, 0.2) is 5.50 Å². The highest BCUT2D eigenvalue weighted by Crippen LogP contribution is 2.34. The second-order valence-corrected chi connectivity index (χ2v) is 6.33. The summed E-state index contributed by atoms with van der Waals surface area (Å²) in [7, 11) is 1.59. The van der Waals surface area contributed by atoms with Gasteiger partial charge in [0.1, 0.15) is 5.75 Å². The number of hydrogen-bond donors (Lipinski definition) is 2. The van der Waals surface area contributed by atoms with Crippen LogP contribution in [0.1, 0.15) is 5.56 Å². The van der Waals surface area contributed by atoms with Gasteiger partial charge in [-0.3, -0.25) is 9.78 Å². The van der Waals surface area contributed by atoms with Crippen molar-refractivity contribution in [3.8, 4) is 5.75 Å². The standard InChI is InChI=1S/C16H14ClN3O2S/c1-22-13-3-2-11(17)9-12(13)19-16-20-15(21)14(23-16)8-10-4-6-18-7-5-10/h2-9,16,19H,1H3,(H,20,21)/b14-8-. The maximum Gasteiger partial charge on any atom is 0.260 e. The molecule has 0 radical (unpaired) electrons. The Kier molecular flexibility index (Phi) is 4.73. The van der Waals surface area contributed by atoms with Gasteiger partial charge in [0.2, 0.25) is 0 Å². The average molecular weight is 348 g/mol. The summed E-state index contributed by atoms with van der Waals surface area (Å²) in [5.74, 6) is 0.543. The van der Waals surface area contributed by atoms with E-state index in [-0.39, 0.29) is 11.4 Å². The molecule has 1 saturated heterocycles. The van der Waals surface area contributed by atoms with E-state index in [2.05, 4.69) is 15.6 Å². The zero-order valence-electron chi connectivity index (χ0n) is 12.2. The molecule has 1 aromatic heterocycles. The molecule has 1 unspecified atom stereocenters. The van der Waals surface area contributed by atoms with Gasteiger partial charge in [-0.1, -0.05) is 23.4 Å². The SMILES string of the molecule is COc1ccc(Cl)cc1NC1NC(=O)/C(=C/c2ccncc2)S1. The van der Waals surface area contributed by atoms with Crippen molar-refractivity contribution >= 4 is 41.0 Å². The van der Waals surface area contributed by atoms with Gasteiger partial charge in [0, 0.05) is 17.4 Å². The van der Waals surface area contributed by atoms with Crippen LogP contribution in [0.15, 0.2) is 47.6 Å². The van der Waals surface area contributed by atoms with Crippen molar-refractivity contribution in [3.63, 3.8) is 0 Å². The molecule has 118 valence electrons. The molecule has 1 amide bonds. The number of methoxy groups -OCH3 is 1. The summed E-state index contributed by atoms with van der Waals surface area (Å²) in [5, 5.41) is 6.68. The fraction of sp³-hybridized carbons (Fsp3) is 0.125. The smallest absolute Gasteiger partial charge is 0.260 e. The Balaban J connectivity index is 1.76. The minimum atomic E-state index is -0.289. The first kappa shape index (κ1) is 15.7. The molecule has 2 heterocycles. The fourth-order valence-corrected chi connectivity index (χ4v) is 3.26. The number of amides is 1. The maximum absolute atomic E-state index is 12.1. The molecule has 2 aromatic rings. The number of carbonyl (C=O) groups is 1. The number of thioether (sulfide) groups is 1. The van der Waals surface area contributed by atoms with Gasteiger partial charge in [-0.2, -0.15) is 0 Å². The molecular formula is C16H14ClN3O2S. The van der Waals surface area contributed by atoms with Crippen molar-refractivity contribution in [1.29, 1.82) is 0 Å². The van der Waals surface area contributed by atoms with Gasteiger partial charge in [-0.15, -0.1) is 0 Å². The van der Waals surface area contributed by atoms with Gasteiger partial charge in [-0.05, 0) is 42.0 Å². The fourth-order valence-electron chi connectivity index (χ4n) is 2.11. The molecule has 1 atom stereocenters. The van der Waals surface area contributed by atoms with Crippen LogP contribution in [0.5, 0.6) is 5.75 Å². The number of hydrogen-bond acceptors (Lipinski definition) is 5. The number of nitrogens with zero attached hydrogens (tertiary/aromatic N) is 1. The maximum atomic E-state index is 12.1. The molecule has 1 aromatic carbocycles. The molecule has 0 aliphatic carbocycles. The van der Waals surface area contributed by atoms with Crippen molar-refractivity contribution in [2.24, 2.45) is 0 Å². The quantitative estimate of drug-likeness (QED) is 0.830. The number of benzene rings is 1. The number of pyridine rings is 1. The molecule has 0 bridgehead atoms. The number of anilines is 1. The molecule has 0 saturated carbocycles. The number of aromatic nitrogens is 1. The van der Waals surface area contributed by atoms with Crippen LogP contribution in [0, 0.1) is 0 Å². The molecule has 1 fully saturated rings. The van der Waals surface area contributed by atoms with E-state index in [1.165, 1.54) is 11.8 Å². The Hall–Kier alpha value is -2.18. The minimum Gasteiger partial charge on any atom is -0.495 e. The molecule has 2 N–H and O–H groups in total. The number of rotatable bonds is 4. The molecule has 1 aliphatic rings. The minimum absolute atomic E-state index is 0.120. The predicted octanol–water partition coefficient (Wildman–Crippen LogP) is 3.34. The summed E-state index contributed by atoms with van der Waals surface area (Å²) in [6.07, 6.45) is 5.21. The Morgan fingerprint density at radius 2 is 2.13 bits per heavy atom. The van der Waals surface area contributed by atoms with Gasteiger partial charge in [0.05, 0.1) is 17.7 Å². The summed E-state index contributed by atoms with van der Waals surface area (Å²) in [6.45, 7) is 0. The average Bonchev–Trinajstić information content (AvgIpc) is 2.88. The third kappa shape index (κ3) is 3.78.